The number of ether oxygens (including phenoxy) is 1. The molecule has 1 atom stereocenters. The van der Waals surface area contributed by atoms with Gasteiger partial charge in [-0.3, -0.25) is 0 Å². The van der Waals surface area contributed by atoms with Gasteiger partial charge in [-0.2, -0.15) is 9.97 Å². The van der Waals surface area contributed by atoms with Crippen molar-refractivity contribution in [2.45, 2.75) is 31.8 Å². The minimum atomic E-state index is 0.270. The Morgan fingerprint density at radius 1 is 1.32 bits per heavy atom. The Morgan fingerprint density at radius 2 is 2.20 bits per heavy atom. The van der Waals surface area contributed by atoms with Gasteiger partial charge in [0.25, 0.3) is 0 Å². The van der Waals surface area contributed by atoms with Crippen LogP contribution in [0.4, 0.5) is 17.6 Å². The number of hydrogen-bond acceptors (Lipinski definition) is 7. The minimum Gasteiger partial charge on any atom is -0.377 e. The molecule has 1 unspecified atom stereocenters. The second-order valence-corrected chi connectivity index (χ2v) is 6.81. The lowest BCUT2D eigenvalue weighted by molar-refractivity contribution is -0.0293. The molecule has 3 aromatic heterocycles. The van der Waals surface area contributed by atoms with Crippen LogP contribution in [0.3, 0.4) is 0 Å². The van der Waals surface area contributed by atoms with Crippen molar-refractivity contribution in [2.75, 3.05) is 23.8 Å². The zero-order chi connectivity index (χ0) is 16.8. The average Bonchev–Trinajstić information content (AvgIpc) is 3.13. The Kier molecular flexibility index (Phi) is 3.34. The van der Waals surface area contributed by atoms with E-state index in [0.717, 1.165) is 22.8 Å². The highest BCUT2D eigenvalue weighted by Crippen LogP contribution is 2.34. The largest absolute Gasteiger partial charge is 0.377 e. The standard InChI is InChI=1S/C16H20N8O/c1-9(10-2-3-10)18-15-12-4-5-17-14(12)20-16(21-15)19-13-6-24(23-22-13)11-7-25-8-11/h4-6,9-11H,2-3,7-8H2,1H3,(H3,17,18,19,20,21). The molecule has 1 saturated heterocycles. The van der Waals surface area contributed by atoms with E-state index in [4.69, 9.17) is 4.74 Å². The lowest BCUT2D eigenvalue weighted by atomic mass is 10.2. The van der Waals surface area contributed by atoms with E-state index in [1.807, 2.05) is 23.1 Å². The fourth-order valence-corrected chi connectivity index (χ4v) is 3.04. The van der Waals surface area contributed by atoms with Crippen molar-refractivity contribution in [2.24, 2.45) is 5.92 Å². The van der Waals surface area contributed by atoms with E-state index in [1.165, 1.54) is 12.8 Å². The van der Waals surface area contributed by atoms with E-state index in [-0.39, 0.29) is 6.04 Å². The van der Waals surface area contributed by atoms with Gasteiger partial charge in [0.05, 0.1) is 24.8 Å². The summed E-state index contributed by atoms with van der Waals surface area (Å²) < 4.78 is 7.00. The zero-order valence-electron chi connectivity index (χ0n) is 13.9. The maximum Gasteiger partial charge on any atom is 0.232 e. The van der Waals surface area contributed by atoms with Gasteiger partial charge in [0.1, 0.15) is 17.5 Å². The highest BCUT2D eigenvalue weighted by atomic mass is 16.5. The van der Waals surface area contributed by atoms with Crippen LogP contribution in [0.2, 0.25) is 0 Å². The van der Waals surface area contributed by atoms with Crippen LogP contribution in [0.1, 0.15) is 25.8 Å². The fourth-order valence-electron chi connectivity index (χ4n) is 3.04. The third kappa shape index (κ3) is 2.80. The second-order valence-electron chi connectivity index (χ2n) is 6.81. The molecule has 4 heterocycles. The number of fused-ring (bicyclic) bond motifs is 1. The van der Waals surface area contributed by atoms with E-state index >= 15 is 0 Å². The van der Waals surface area contributed by atoms with E-state index in [0.29, 0.717) is 31.0 Å². The number of hydrogen-bond donors (Lipinski definition) is 3. The van der Waals surface area contributed by atoms with Crippen molar-refractivity contribution in [3.05, 3.63) is 18.5 Å². The molecule has 0 bridgehead atoms. The Balaban J connectivity index is 1.41. The monoisotopic (exact) mass is 340 g/mol. The van der Waals surface area contributed by atoms with Crippen LogP contribution in [-0.2, 0) is 4.74 Å². The van der Waals surface area contributed by atoms with Crippen LogP contribution in [0.15, 0.2) is 18.5 Å². The molecule has 1 aliphatic carbocycles. The Bertz CT molecular complexity index is 895. The summed E-state index contributed by atoms with van der Waals surface area (Å²) >= 11 is 0. The Hall–Kier alpha value is -2.68. The fraction of sp³-hybridized carbons (Fsp3) is 0.500. The van der Waals surface area contributed by atoms with E-state index < -0.39 is 0 Å². The second kappa shape index (κ2) is 5.69. The summed E-state index contributed by atoms with van der Waals surface area (Å²) in [4.78, 5) is 12.3. The van der Waals surface area contributed by atoms with Gasteiger partial charge in [-0.25, -0.2) is 4.68 Å². The molecule has 0 aromatic carbocycles. The molecular formula is C16H20N8O. The van der Waals surface area contributed by atoms with Crippen molar-refractivity contribution in [3.63, 3.8) is 0 Å². The van der Waals surface area contributed by atoms with Crippen molar-refractivity contribution in [3.8, 4) is 0 Å². The maximum absolute atomic E-state index is 5.19. The normalized spacial score (nSPS) is 18.9. The molecule has 0 amide bonds. The molecule has 0 radical (unpaired) electrons. The quantitative estimate of drug-likeness (QED) is 0.631. The first-order valence-corrected chi connectivity index (χ1v) is 8.64. The number of H-pyrrole nitrogens is 1. The first-order valence-electron chi connectivity index (χ1n) is 8.64. The van der Waals surface area contributed by atoms with E-state index in [9.17, 15) is 0 Å². The van der Waals surface area contributed by atoms with Gasteiger partial charge >= 0.3 is 0 Å². The molecule has 9 heteroatoms. The lowest BCUT2D eigenvalue weighted by Gasteiger charge is -2.25. The smallest absolute Gasteiger partial charge is 0.232 e. The third-order valence-electron chi connectivity index (χ3n) is 4.85. The number of nitrogens with one attached hydrogen (secondary N) is 3. The first kappa shape index (κ1) is 14.6. The maximum atomic E-state index is 5.19. The number of anilines is 3. The number of nitrogens with zero attached hydrogens (tertiary/aromatic N) is 5. The minimum absolute atomic E-state index is 0.270. The van der Waals surface area contributed by atoms with Crippen LogP contribution in [0, 0.1) is 5.92 Å². The highest BCUT2D eigenvalue weighted by molar-refractivity contribution is 5.88. The van der Waals surface area contributed by atoms with Gasteiger partial charge in [-0.15, -0.1) is 5.10 Å². The summed E-state index contributed by atoms with van der Waals surface area (Å²) in [5.74, 6) is 2.70. The summed E-state index contributed by atoms with van der Waals surface area (Å²) in [7, 11) is 0. The number of aromatic amines is 1. The predicted molar refractivity (Wildman–Crippen MR) is 92.9 cm³/mol. The molecule has 1 aliphatic heterocycles. The van der Waals surface area contributed by atoms with E-state index in [1.54, 1.807) is 0 Å². The summed E-state index contributed by atoms with van der Waals surface area (Å²) in [6.45, 7) is 3.57. The summed E-state index contributed by atoms with van der Waals surface area (Å²) in [6.07, 6.45) is 6.31. The predicted octanol–water partition coefficient (Wildman–Crippen LogP) is 2.07. The molecule has 3 aromatic rings. The summed E-state index contributed by atoms with van der Waals surface area (Å²) in [5, 5.41) is 16.0. The molecule has 9 nitrogen and oxygen atoms in total. The van der Waals surface area contributed by atoms with Crippen molar-refractivity contribution >= 4 is 28.6 Å². The number of rotatable bonds is 6. The number of aromatic nitrogens is 6. The first-order chi connectivity index (χ1) is 12.3. The van der Waals surface area contributed by atoms with Gasteiger partial charge in [-0.1, -0.05) is 5.21 Å². The summed E-state index contributed by atoms with van der Waals surface area (Å²) in [6, 6.07) is 2.67. The van der Waals surface area contributed by atoms with Gasteiger partial charge in [-0.05, 0) is 31.7 Å². The third-order valence-corrected chi connectivity index (χ3v) is 4.85. The van der Waals surface area contributed by atoms with Gasteiger partial charge < -0.3 is 20.4 Å². The molecular weight excluding hydrogens is 320 g/mol. The van der Waals surface area contributed by atoms with Gasteiger partial charge in [0.2, 0.25) is 5.95 Å². The van der Waals surface area contributed by atoms with Gasteiger partial charge in [0, 0.05) is 12.2 Å². The molecule has 3 N–H and O–H groups in total. The molecule has 2 fully saturated rings. The van der Waals surface area contributed by atoms with Crippen LogP contribution >= 0.6 is 0 Å². The van der Waals surface area contributed by atoms with Crippen LogP contribution in [0.25, 0.3) is 11.0 Å². The average molecular weight is 340 g/mol. The van der Waals surface area contributed by atoms with Crippen molar-refractivity contribution in [1.82, 2.24) is 29.9 Å². The molecule has 0 spiro atoms. The summed E-state index contributed by atoms with van der Waals surface area (Å²) in [5.41, 5.74) is 0.794. The molecule has 130 valence electrons. The molecule has 1 saturated carbocycles. The van der Waals surface area contributed by atoms with E-state index in [2.05, 4.69) is 42.8 Å². The van der Waals surface area contributed by atoms with Crippen LogP contribution in [-0.4, -0.2) is 49.2 Å². The molecule has 5 rings (SSSR count). The topological polar surface area (TPSA) is 106 Å². The van der Waals surface area contributed by atoms with Crippen LogP contribution < -0.4 is 10.6 Å². The molecule has 25 heavy (non-hydrogen) atoms. The Labute approximate surface area is 144 Å². The SMILES string of the molecule is CC(Nc1nc(Nc2cn(C3COC3)nn2)nc2[nH]ccc12)C1CC1. The van der Waals surface area contributed by atoms with Crippen LogP contribution in [0.5, 0.6) is 0 Å². The highest BCUT2D eigenvalue weighted by Gasteiger charge is 2.28. The van der Waals surface area contributed by atoms with Crippen molar-refractivity contribution in [1.29, 1.82) is 0 Å². The molecule has 2 aliphatic rings. The van der Waals surface area contributed by atoms with Crippen molar-refractivity contribution < 1.29 is 4.74 Å². The zero-order valence-corrected chi connectivity index (χ0v) is 13.9. The van der Waals surface area contributed by atoms with Gasteiger partial charge in [0.15, 0.2) is 5.82 Å². The lowest BCUT2D eigenvalue weighted by Crippen LogP contribution is -2.30. The Morgan fingerprint density at radius 3 is 2.96 bits per heavy atom.